The predicted octanol–water partition coefficient (Wildman–Crippen LogP) is 1.91. The molecule has 0 aliphatic carbocycles. The second-order valence-electron chi connectivity index (χ2n) is 6.32. The molecule has 2 aromatic carbocycles. The molecule has 1 aliphatic heterocycles. The summed E-state index contributed by atoms with van der Waals surface area (Å²) >= 11 is 0. The van der Waals surface area contributed by atoms with Crippen LogP contribution in [-0.2, 0) is 6.61 Å². The van der Waals surface area contributed by atoms with Crippen molar-refractivity contribution in [2.24, 2.45) is 0 Å². The predicted molar refractivity (Wildman–Crippen MR) is 88.0 cm³/mol. The molecule has 6 N–H and O–H groups in total. The van der Waals surface area contributed by atoms with Crippen molar-refractivity contribution in [2.45, 2.75) is 38.6 Å². The molecule has 7 nitrogen and oxygen atoms in total. The average molecular weight is 348 g/mol. The van der Waals surface area contributed by atoms with Crippen LogP contribution in [0.2, 0.25) is 0 Å². The highest BCUT2D eigenvalue weighted by Gasteiger charge is 2.38. The van der Waals surface area contributed by atoms with E-state index in [-0.39, 0.29) is 22.6 Å². The Hall–Kier alpha value is -2.64. The van der Waals surface area contributed by atoms with Crippen molar-refractivity contribution in [1.82, 2.24) is 0 Å². The SMILES string of the molecule is Cc1cc2c(c(CO)c1O)OC(c1cc(O)c(O)c(O)c1)C(O)C2C. The molecule has 0 saturated heterocycles. The normalized spacial score (nSPS) is 22.3. The van der Waals surface area contributed by atoms with Gasteiger partial charge in [-0.15, -0.1) is 0 Å². The van der Waals surface area contributed by atoms with E-state index in [4.69, 9.17) is 4.74 Å². The van der Waals surface area contributed by atoms with Crippen molar-refractivity contribution in [1.29, 1.82) is 0 Å². The van der Waals surface area contributed by atoms with Crippen LogP contribution in [0.15, 0.2) is 18.2 Å². The molecule has 2 aromatic rings. The number of phenolic OH excluding ortho intramolecular Hbond substituents is 3. The highest BCUT2D eigenvalue weighted by atomic mass is 16.5. The van der Waals surface area contributed by atoms with Crippen LogP contribution in [0.3, 0.4) is 0 Å². The van der Waals surface area contributed by atoms with E-state index in [1.807, 2.05) is 0 Å². The van der Waals surface area contributed by atoms with Gasteiger partial charge in [-0.1, -0.05) is 6.92 Å². The lowest BCUT2D eigenvalue weighted by molar-refractivity contribution is 0.00197. The Bertz CT molecular complexity index is 808. The van der Waals surface area contributed by atoms with Crippen LogP contribution in [0.25, 0.3) is 0 Å². The summed E-state index contributed by atoms with van der Waals surface area (Å²) in [7, 11) is 0. The summed E-state index contributed by atoms with van der Waals surface area (Å²) in [5, 5.41) is 59.3. The van der Waals surface area contributed by atoms with Crippen LogP contribution in [-0.4, -0.2) is 36.7 Å². The van der Waals surface area contributed by atoms with Gasteiger partial charge >= 0.3 is 0 Å². The maximum atomic E-state index is 10.6. The summed E-state index contributed by atoms with van der Waals surface area (Å²) < 4.78 is 5.83. The topological polar surface area (TPSA) is 131 Å². The number of rotatable bonds is 2. The fourth-order valence-electron chi connectivity index (χ4n) is 3.21. The highest BCUT2D eigenvalue weighted by molar-refractivity contribution is 5.57. The molecule has 25 heavy (non-hydrogen) atoms. The minimum atomic E-state index is -1.01. The van der Waals surface area contributed by atoms with E-state index in [0.717, 1.165) is 0 Å². The van der Waals surface area contributed by atoms with Gasteiger partial charge < -0.3 is 35.4 Å². The second kappa shape index (κ2) is 6.02. The Kier molecular flexibility index (Phi) is 4.14. The quantitative estimate of drug-likeness (QED) is 0.457. The first kappa shape index (κ1) is 17.2. The summed E-state index contributed by atoms with van der Waals surface area (Å²) in [6.45, 7) is 3.02. The number of aliphatic hydroxyl groups excluding tert-OH is 2. The Balaban J connectivity index is 2.14. The standard InChI is InChI=1S/C18H20O7/c1-7-3-10-8(2)15(23)17(25-18(10)11(6-19)14(7)22)9-4-12(20)16(24)13(21)5-9/h3-5,8,15,17,19-24H,6H2,1-2H3. The van der Waals surface area contributed by atoms with Crippen LogP contribution < -0.4 is 4.74 Å². The Morgan fingerprint density at radius 1 is 1.00 bits per heavy atom. The molecule has 7 heteroatoms. The summed E-state index contributed by atoms with van der Waals surface area (Å²) in [6.07, 6.45) is -1.97. The zero-order valence-corrected chi connectivity index (χ0v) is 13.8. The van der Waals surface area contributed by atoms with Gasteiger partial charge in [-0.2, -0.15) is 0 Å². The first-order valence-corrected chi connectivity index (χ1v) is 7.82. The summed E-state index contributed by atoms with van der Waals surface area (Å²) in [5.41, 5.74) is 1.67. The number of aromatic hydroxyl groups is 4. The molecule has 1 heterocycles. The van der Waals surface area contributed by atoms with Crippen LogP contribution in [0.1, 0.15) is 41.2 Å². The maximum Gasteiger partial charge on any atom is 0.200 e. The molecule has 0 bridgehead atoms. The van der Waals surface area contributed by atoms with E-state index in [9.17, 15) is 30.6 Å². The Labute approximate surface area is 144 Å². The van der Waals surface area contributed by atoms with Crippen LogP contribution >= 0.6 is 0 Å². The Morgan fingerprint density at radius 2 is 1.60 bits per heavy atom. The number of aryl methyl sites for hydroxylation is 1. The van der Waals surface area contributed by atoms with E-state index in [2.05, 4.69) is 0 Å². The van der Waals surface area contributed by atoms with Gasteiger partial charge in [0.1, 0.15) is 17.6 Å². The van der Waals surface area contributed by atoms with Gasteiger partial charge in [-0.25, -0.2) is 0 Å². The zero-order valence-electron chi connectivity index (χ0n) is 13.8. The number of hydrogen-bond acceptors (Lipinski definition) is 7. The van der Waals surface area contributed by atoms with Gasteiger partial charge in [0.25, 0.3) is 0 Å². The maximum absolute atomic E-state index is 10.6. The first-order valence-electron chi connectivity index (χ1n) is 7.82. The smallest absolute Gasteiger partial charge is 0.200 e. The van der Waals surface area contributed by atoms with Crippen molar-refractivity contribution < 1.29 is 35.4 Å². The van der Waals surface area contributed by atoms with Crippen molar-refractivity contribution in [3.63, 3.8) is 0 Å². The third kappa shape index (κ3) is 2.61. The molecule has 134 valence electrons. The molecule has 0 radical (unpaired) electrons. The van der Waals surface area contributed by atoms with Gasteiger partial charge in [0.05, 0.1) is 12.2 Å². The molecule has 0 spiro atoms. The van der Waals surface area contributed by atoms with E-state index in [1.54, 1.807) is 19.9 Å². The number of fused-ring (bicyclic) bond motifs is 1. The lowest BCUT2D eigenvalue weighted by atomic mass is 9.84. The van der Waals surface area contributed by atoms with Crippen molar-refractivity contribution >= 4 is 0 Å². The fourth-order valence-corrected chi connectivity index (χ4v) is 3.21. The van der Waals surface area contributed by atoms with Crippen molar-refractivity contribution in [2.75, 3.05) is 0 Å². The average Bonchev–Trinajstić information content (AvgIpc) is 2.57. The number of phenols is 4. The molecule has 0 amide bonds. The third-order valence-corrected chi connectivity index (χ3v) is 4.70. The van der Waals surface area contributed by atoms with Gasteiger partial charge in [0, 0.05) is 17.0 Å². The molecule has 0 saturated carbocycles. The monoisotopic (exact) mass is 348 g/mol. The first-order chi connectivity index (χ1) is 11.8. The largest absolute Gasteiger partial charge is 0.507 e. The molecule has 0 aromatic heterocycles. The minimum Gasteiger partial charge on any atom is -0.507 e. The molecule has 3 unspecified atom stereocenters. The summed E-state index contributed by atoms with van der Waals surface area (Å²) in [6, 6.07) is 4.07. The number of benzene rings is 2. The summed E-state index contributed by atoms with van der Waals surface area (Å²) in [4.78, 5) is 0. The second-order valence-corrected chi connectivity index (χ2v) is 6.32. The number of aliphatic hydroxyl groups is 2. The van der Waals surface area contributed by atoms with Gasteiger partial charge in [0.15, 0.2) is 23.4 Å². The molecular formula is C18H20O7. The molecule has 3 rings (SSSR count). The molecule has 0 fully saturated rings. The minimum absolute atomic E-state index is 0.0833. The van der Waals surface area contributed by atoms with E-state index >= 15 is 0 Å². The third-order valence-electron chi connectivity index (χ3n) is 4.70. The number of ether oxygens (including phenoxy) is 1. The van der Waals surface area contributed by atoms with Gasteiger partial charge in [-0.3, -0.25) is 0 Å². The Morgan fingerprint density at radius 3 is 2.16 bits per heavy atom. The van der Waals surface area contributed by atoms with Crippen LogP contribution in [0.4, 0.5) is 0 Å². The molecular weight excluding hydrogens is 328 g/mol. The van der Waals surface area contributed by atoms with Crippen LogP contribution in [0, 0.1) is 6.92 Å². The van der Waals surface area contributed by atoms with Gasteiger partial charge in [-0.05, 0) is 30.7 Å². The zero-order chi connectivity index (χ0) is 18.5. The van der Waals surface area contributed by atoms with Crippen molar-refractivity contribution in [3.8, 4) is 28.7 Å². The van der Waals surface area contributed by atoms with E-state index < -0.39 is 42.0 Å². The fraction of sp³-hybridized carbons (Fsp3) is 0.333. The number of hydrogen-bond donors (Lipinski definition) is 6. The summed E-state index contributed by atoms with van der Waals surface area (Å²) in [5.74, 6) is -1.96. The lowest BCUT2D eigenvalue weighted by Gasteiger charge is -2.37. The highest BCUT2D eigenvalue weighted by Crippen LogP contribution is 2.48. The molecule has 3 atom stereocenters. The van der Waals surface area contributed by atoms with Crippen molar-refractivity contribution in [3.05, 3.63) is 40.5 Å². The van der Waals surface area contributed by atoms with Gasteiger partial charge in [0.2, 0.25) is 0 Å². The lowest BCUT2D eigenvalue weighted by Crippen LogP contribution is -2.33. The van der Waals surface area contributed by atoms with E-state index in [0.29, 0.717) is 11.1 Å². The van der Waals surface area contributed by atoms with Crippen LogP contribution in [0.5, 0.6) is 28.7 Å². The molecule has 1 aliphatic rings. The van der Waals surface area contributed by atoms with E-state index in [1.165, 1.54) is 12.1 Å².